The van der Waals surface area contributed by atoms with Crippen molar-refractivity contribution in [2.24, 2.45) is 0 Å². The van der Waals surface area contributed by atoms with Crippen LogP contribution in [0.4, 0.5) is 0 Å². The molecule has 1 N–H and O–H groups in total. The zero-order valence-corrected chi connectivity index (χ0v) is 15.1. The van der Waals surface area contributed by atoms with Gasteiger partial charge < -0.3 is 5.32 Å². The van der Waals surface area contributed by atoms with Crippen molar-refractivity contribution >= 4 is 33.7 Å². The molecule has 0 spiro atoms. The summed E-state index contributed by atoms with van der Waals surface area (Å²) in [7, 11) is 0. The van der Waals surface area contributed by atoms with Gasteiger partial charge in [0.15, 0.2) is 0 Å². The SMILES string of the molecule is O=C(NCCCCN1C(=O)c2ccccc2C1=O)c1ccc(Br)cc1. The Hall–Kier alpha value is -2.47. The van der Waals surface area contributed by atoms with Crippen LogP contribution in [-0.2, 0) is 0 Å². The molecular weight excluding hydrogens is 384 g/mol. The maximum atomic E-state index is 12.2. The molecule has 0 fully saturated rings. The Labute approximate surface area is 154 Å². The van der Waals surface area contributed by atoms with E-state index in [1.165, 1.54) is 4.90 Å². The molecule has 1 aliphatic heterocycles. The molecule has 1 aliphatic rings. The van der Waals surface area contributed by atoms with Crippen molar-refractivity contribution < 1.29 is 14.4 Å². The third-order valence-electron chi connectivity index (χ3n) is 4.08. The highest BCUT2D eigenvalue weighted by molar-refractivity contribution is 9.10. The van der Waals surface area contributed by atoms with Crippen molar-refractivity contribution in [3.8, 4) is 0 Å². The van der Waals surface area contributed by atoms with Crippen LogP contribution in [-0.4, -0.2) is 35.7 Å². The average Bonchev–Trinajstić information content (AvgIpc) is 2.87. The van der Waals surface area contributed by atoms with E-state index in [0.29, 0.717) is 42.6 Å². The van der Waals surface area contributed by atoms with Gasteiger partial charge >= 0.3 is 0 Å². The largest absolute Gasteiger partial charge is 0.352 e. The van der Waals surface area contributed by atoms with Crippen LogP contribution in [0.15, 0.2) is 53.0 Å². The van der Waals surface area contributed by atoms with Gasteiger partial charge in [0.25, 0.3) is 17.7 Å². The van der Waals surface area contributed by atoms with E-state index in [0.717, 1.165) is 4.47 Å². The van der Waals surface area contributed by atoms with E-state index in [4.69, 9.17) is 0 Å². The predicted molar refractivity (Wildman–Crippen MR) is 97.5 cm³/mol. The molecule has 0 saturated heterocycles. The summed E-state index contributed by atoms with van der Waals surface area (Å²) < 4.78 is 0.921. The van der Waals surface area contributed by atoms with Gasteiger partial charge in [-0.25, -0.2) is 0 Å². The number of unbranched alkanes of at least 4 members (excludes halogenated alkanes) is 1. The van der Waals surface area contributed by atoms with Gasteiger partial charge in [0.1, 0.15) is 0 Å². The Morgan fingerprint density at radius 1 is 0.920 bits per heavy atom. The topological polar surface area (TPSA) is 66.5 Å². The van der Waals surface area contributed by atoms with Crippen LogP contribution in [0.2, 0.25) is 0 Å². The number of benzene rings is 2. The Bertz CT molecular complexity index is 783. The zero-order chi connectivity index (χ0) is 17.8. The predicted octanol–water partition coefficient (Wildman–Crippen LogP) is 3.26. The molecule has 0 saturated carbocycles. The summed E-state index contributed by atoms with van der Waals surface area (Å²) in [4.78, 5) is 37.7. The van der Waals surface area contributed by atoms with E-state index >= 15 is 0 Å². The molecule has 3 amide bonds. The Kier molecular flexibility index (Phi) is 5.28. The Morgan fingerprint density at radius 2 is 1.52 bits per heavy atom. The highest BCUT2D eigenvalue weighted by atomic mass is 79.9. The molecule has 3 rings (SSSR count). The smallest absolute Gasteiger partial charge is 0.261 e. The molecule has 0 unspecified atom stereocenters. The number of halogens is 1. The lowest BCUT2D eigenvalue weighted by Gasteiger charge is -2.13. The van der Waals surface area contributed by atoms with E-state index < -0.39 is 0 Å². The summed E-state index contributed by atoms with van der Waals surface area (Å²) in [5.41, 5.74) is 1.54. The number of carbonyl (C=O) groups is 3. The molecule has 2 aromatic rings. The number of carbonyl (C=O) groups excluding carboxylic acids is 3. The van der Waals surface area contributed by atoms with Crippen molar-refractivity contribution in [1.29, 1.82) is 0 Å². The van der Waals surface area contributed by atoms with Crippen LogP contribution in [0, 0.1) is 0 Å². The summed E-state index contributed by atoms with van der Waals surface area (Å²) >= 11 is 3.33. The molecule has 0 atom stereocenters. The fraction of sp³-hybridized carbons (Fsp3) is 0.211. The minimum absolute atomic E-state index is 0.131. The van der Waals surface area contributed by atoms with Crippen molar-refractivity contribution in [3.63, 3.8) is 0 Å². The van der Waals surface area contributed by atoms with Crippen molar-refractivity contribution in [2.45, 2.75) is 12.8 Å². The quantitative estimate of drug-likeness (QED) is 0.597. The van der Waals surface area contributed by atoms with Crippen LogP contribution >= 0.6 is 15.9 Å². The van der Waals surface area contributed by atoms with Crippen molar-refractivity contribution in [3.05, 3.63) is 69.7 Å². The lowest BCUT2D eigenvalue weighted by atomic mass is 10.1. The van der Waals surface area contributed by atoms with Gasteiger partial charge in [-0.15, -0.1) is 0 Å². The van der Waals surface area contributed by atoms with Crippen LogP contribution in [0.1, 0.15) is 43.9 Å². The fourth-order valence-electron chi connectivity index (χ4n) is 2.74. The van der Waals surface area contributed by atoms with E-state index in [9.17, 15) is 14.4 Å². The second-order valence-electron chi connectivity index (χ2n) is 5.78. The van der Waals surface area contributed by atoms with Crippen molar-refractivity contribution in [1.82, 2.24) is 10.2 Å². The molecule has 0 aromatic heterocycles. The third kappa shape index (κ3) is 3.79. The number of hydrogen-bond donors (Lipinski definition) is 1. The molecule has 0 aliphatic carbocycles. The fourth-order valence-corrected chi connectivity index (χ4v) is 3.01. The van der Waals surface area contributed by atoms with Gasteiger partial charge in [-0.3, -0.25) is 19.3 Å². The van der Waals surface area contributed by atoms with Gasteiger partial charge in [-0.2, -0.15) is 0 Å². The summed E-state index contributed by atoms with van der Waals surface area (Å²) in [6, 6.07) is 14.0. The average molecular weight is 401 g/mol. The number of imide groups is 1. The van der Waals surface area contributed by atoms with Crippen LogP contribution in [0.3, 0.4) is 0 Å². The molecule has 0 radical (unpaired) electrons. The minimum Gasteiger partial charge on any atom is -0.352 e. The summed E-state index contributed by atoms with van der Waals surface area (Å²) in [6.45, 7) is 0.860. The Balaban J connectivity index is 1.44. The van der Waals surface area contributed by atoms with Crippen molar-refractivity contribution in [2.75, 3.05) is 13.1 Å². The second-order valence-corrected chi connectivity index (χ2v) is 6.69. The van der Waals surface area contributed by atoms with E-state index in [1.807, 2.05) is 12.1 Å². The van der Waals surface area contributed by atoms with Gasteiger partial charge in [0.05, 0.1) is 11.1 Å². The first-order valence-electron chi connectivity index (χ1n) is 8.07. The third-order valence-corrected chi connectivity index (χ3v) is 4.61. The number of amides is 3. The standard InChI is InChI=1S/C19H17BrN2O3/c20-14-9-7-13(8-10-14)17(23)21-11-3-4-12-22-18(24)15-5-1-2-6-16(15)19(22)25/h1-2,5-10H,3-4,11-12H2,(H,21,23). The monoisotopic (exact) mass is 400 g/mol. The van der Waals surface area contributed by atoms with Gasteiger partial charge in [-0.1, -0.05) is 28.1 Å². The van der Waals surface area contributed by atoms with E-state index in [1.54, 1.807) is 36.4 Å². The summed E-state index contributed by atoms with van der Waals surface area (Å²) in [6.07, 6.45) is 1.34. The second kappa shape index (κ2) is 7.61. The molecule has 2 aromatic carbocycles. The maximum absolute atomic E-state index is 12.2. The number of hydrogen-bond acceptors (Lipinski definition) is 3. The molecule has 128 valence electrons. The number of nitrogens with zero attached hydrogens (tertiary/aromatic N) is 1. The lowest BCUT2D eigenvalue weighted by Crippen LogP contribution is -2.31. The number of rotatable bonds is 6. The zero-order valence-electron chi connectivity index (χ0n) is 13.5. The first-order valence-corrected chi connectivity index (χ1v) is 8.86. The van der Waals surface area contributed by atoms with E-state index in [-0.39, 0.29) is 17.7 Å². The maximum Gasteiger partial charge on any atom is 0.261 e. The molecular formula is C19H17BrN2O3. The molecule has 5 nitrogen and oxygen atoms in total. The number of fused-ring (bicyclic) bond motifs is 1. The first-order chi connectivity index (χ1) is 12.1. The van der Waals surface area contributed by atoms with Crippen LogP contribution < -0.4 is 5.32 Å². The van der Waals surface area contributed by atoms with Crippen LogP contribution in [0.5, 0.6) is 0 Å². The molecule has 25 heavy (non-hydrogen) atoms. The van der Waals surface area contributed by atoms with E-state index in [2.05, 4.69) is 21.2 Å². The molecule has 6 heteroatoms. The van der Waals surface area contributed by atoms with Gasteiger partial charge in [0, 0.05) is 23.1 Å². The van der Waals surface area contributed by atoms with Gasteiger partial charge in [0.2, 0.25) is 0 Å². The number of nitrogens with one attached hydrogen (secondary N) is 1. The summed E-state index contributed by atoms with van der Waals surface area (Å²) in [5.74, 6) is -0.604. The highest BCUT2D eigenvalue weighted by Gasteiger charge is 2.34. The lowest BCUT2D eigenvalue weighted by molar-refractivity contribution is 0.0650. The molecule has 1 heterocycles. The normalized spacial score (nSPS) is 13.1. The molecule has 0 bridgehead atoms. The highest BCUT2D eigenvalue weighted by Crippen LogP contribution is 2.22. The van der Waals surface area contributed by atoms with Crippen LogP contribution in [0.25, 0.3) is 0 Å². The van der Waals surface area contributed by atoms with Gasteiger partial charge in [-0.05, 0) is 49.2 Å². The Morgan fingerprint density at radius 3 is 2.12 bits per heavy atom. The first kappa shape index (κ1) is 17.4. The minimum atomic E-state index is -0.237. The summed E-state index contributed by atoms with van der Waals surface area (Å²) in [5, 5.41) is 2.84.